The third kappa shape index (κ3) is 4.61. The van der Waals surface area contributed by atoms with Crippen LogP contribution in [0.25, 0.3) is 27.9 Å². The van der Waals surface area contributed by atoms with Crippen LogP contribution in [0.15, 0.2) is 77.8 Å². The molecule has 2 heterocycles. The summed E-state index contributed by atoms with van der Waals surface area (Å²) in [4.78, 5) is 0.0376. The SMILES string of the molecule is CS(=O)(=O)CNc1ccc(-c2nn3ccccc3c2-c2ccc(S(N)(=O)=O)cc2)cc1. The molecule has 0 saturated heterocycles. The first-order valence-corrected chi connectivity index (χ1v) is 12.9. The zero-order chi connectivity index (χ0) is 22.2. The molecule has 10 heteroatoms. The van der Waals surface area contributed by atoms with Gasteiger partial charge in [-0.05, 0) is 42.0 Å². The molecule has 31 heavy (non-hydrogen) atoms. The fourth-order valence-corrected chi connectivity index (χ4v) is 4.20. The molecule has 0 radical (unpaired) electrons. The molecule has 0 fully saturated rings. The van der Waals surface area contributed by atoms with E-state index in [1.165, 1.54) is 18.4 Å². The molecule has 4 rings (SSSR count). The lowest BCUT2D eigenvalue weighted by Crippen LogP contribution is -2.12. The Morgan fingerprint density at radius 2 is 1.55 bits per heavy atom. The quantitative estimate of drug-likeness (QED) is 0.460. The number of hydrogen-bond donors (Lipinski definition) is 2. The second-order valence-corrected chi connectivity index (χ2v) is 10.8. The van der Waals surface area contributed by atoms with Crippen LogP contribution in [0, 0.1) is 0 Å². The maximum atomic E-state index is 11.6. The second kappa shape index (κ2) is 7.80. The van der Waals surface area contributed by atoms with Crippen LogP contribution in [0.4, 0.5) is 5.69 Å². The number of benzene rings is 2. The minimum Gasteiger partial charge on any atom is -0.372 e. The van der Waals surface area contributed by atoms with Crippen LogP contribution in [0.5, 0.6) is 0 Å². The van der Waals surface area contributed by atoms with Gasteiger partial charge < -0.3 is 5.32 Å². The van der Waals surface area contributed by atoms with Gasteiger partial charge in [0.15, 0.2) is 9.84 Å². The van der Waals surface area contributed by atoms with Gasteiger partial charge in [0.25, 0.3) is 0 Å². The minimum absolute atomic E-state index is 0.0376. The van der Waals surface area contributed by atoms with Gasteiger partial charge >= 0.3 is 0 Å². The molecular formula is C21H20N4O4S2. The van der Waals surface area contributed by atoms with E-state index in [0.29, 0.717) is 11.4 Å². The molecule has 8 nitrogen and oxygen atoms in total. The number of pyridine rings is 1. The summed E-state index contributed by atoms with van der Waals surface area (Å²) < 4.78 is 47.7. The number of nitrogens with zero attached hydrogens (tertiary/aromatic N) is 2. The van der Waals surface area contributed by atoms with Gasteiger partial charge in [-0.3, -0.25) is 0 Å². The van der Waals surface area contributed by atoms with E-state index in [1.54, 1.807) is 28.8 Å². The van der Waals surface area contributed by atoms with Gasteiger partial charge in [-0.2, -0.15) is 5.10 Å². The van der Waals surface area contributed by atoms with Crippen molar-refractivity contribution in [2.45, 2.75) is 4.90 Å². The Morgan fingerprint density at radius 3 is 2.16 bits per heavy atom. The van der Waals surface area contributed by atoms with Crippen LogP contribution in [-0.2, 0) is 19.9 Å². The number of sulfonamides is 1. The monoisotopic (exact) mass is 456 g/mol. The Kier molecular flexibility index (Phi) is 5.29. The average molecular weight is 457 g/mol. The fourth-order valence-electron chi connectivity index (χ4n) is 3.26. The fraction of sp³-hybridized carbons (Fsp3) is 0.0952. The number of anilines is 1. The zero-order valence-electron chi connectivity index (χ0n) is 16.6. The number of nitrogens with one attached hydrogen (secondary N) is 1. The van der Waals surface area contributed by atoms with Crippen molar-refractivity contribution in [2.75, 3.05) is 17.4 Å². The topological polar surface area (TPSA) is 124 Å². The third-order valence-corrected chi connectivity index (χ3v) is 6.31. The van der Waals surface area contributed by atoms with Gasteiger partial charge in [0.2, 0.25) is 10.0 Å². The Morgan fingerprint density at radius 1 is 0.903 bits per heavy atom. The summed E-state index contributed by atoms with van der Waals surface area (Å²) in [7, 11) is -6.92. The van der Waals surface area contributed by atoms with E-state index >= 15 is 0 Å². The predicted octanol–water partition coefficient (Wildman–Crippen LogP) is 2.73. The highest BCUT2D eigenvalue weighted by Gasteiger charge is 2.17. The lowest BCUT2D eigenvalue weighted by atomic mass is 9.99. The highest BCUT2D eigenvalue weighted by atomic mass is 32.2. The van der Waals surface area contributed by atoms with Crippen molar-refractivity contribution in [2.24, 2.45) is 5.14 Å². The summed E-state index contributed by atoms with van der Waals surface area (Å²) in [6.07, 6.45) is 3.00. The van der Waals surface area contributed by atoms with E-state index in [-0.39, 0.29) is 10.8 Å². The molecule has 0 aliphatic rings. The molecule has 0 atom stereocenters. The van der Waals surface area contributed by atoms with Crippen molar-refractivity contribution < 1.29 is 16.8 Å². The van der Waals surface area contributed by atoms with Crippen LogP contribution in [-0.4, -0.2) is 38.6 Å². The smallest absolute Gasteiger partial charge is 0.238 e. The van der Waals surface area contributed by atoms with Crippen molar-refractivity contribution in [3.8, 4) is 22.4 Å². The predicted molar refractivity (Wildman–Crippen MR) is 121 cm³/mol. The number of aromatic nitrogens is 2. The standard InChI is InChI=1S/C21H20N4O4S2/c1-30(26,27)14-23-17-9-5-16(6-10-17)21-20(19-4-2-3-13-25(19)24-21)15-7-11-18(12-8-15)31(22,28)29/h2-13,23H,14H2,1H3,(H2,22,28,29). The molecule has 160 valence electrons. The van der Waals surface area contributed by atoms with Crippen LogP contribution in [0.1, 0.15) is 0 Å². The van der Waals surface area contributed by atoms with E-state index in [9.17, 15) is 16.8 Å². The largest absolute Gasteiger partial charge is 0.372 e. The maximum absolute atomic E-state index is 11.6. The first kappa shape index (κ1) is 21.0. The van der Waals surface area contributed by atoms with E-state index < -0.39 is 19.9 Å². The van der Waals surface area contributed by atoms with Crippen LogP contribution >= 0.6 is 0 Å². The van der Waals surface area contributed by atoms with Crippen molar-refractivity contribution in [1.82, 2.24) is 9.61 Å². The first-order valence-electron chi connectivity index (χ1n) is 9.24. The van der Waals surface area contributed by atoms with E-state index in [1.807, 2.05) is 36.5 Å². The molecule has 2 aromatic heterocycles. The Bertz CT molecular complexity index is 1460. The minimum atomic E-state index is -3.78. The first-order chi connectivity index (χ1) is 14.6. The van der Waals surface area contributed by atoms with Gasteiger partial charge in [-0.25, -0.2) is 26.5 Å². The van der Waals surface area contributed by atoms with E-state index in [2.05, 4.69) is 5.32 Å². The lowest BCUT2D eigenvalue weighted by molar-refractivity contribution is 0.597. The summed E-state index contributed by atoms with van der Waals surface area (Å²) in [5.74, 6) is -0.150. The summed E-state index contributed by atoms with van der Waals surface area (Å²) >= 11 is 0. The van der Waals surface area contributed by atoms with Gasteiger partial charge in [0.05, 0.1) is 10.4 Å². The molecule has 0 spiro atoms. The number of nitrogens with two attached hydrogens (primary N) is 1. The van der Waals surface area contributed by atoms with Crippen molar-refractivity contribution >= 4 is 31.1 Å². The van der Waals surface area contributed by atoms with Crippen molar-refractivity contribution in [3.63, 3.8) is 0 Å². The van der Waals surface area contributed by atoms with Gasteiger partial charge in [0.1, 0.15) is 11.6 Å². The maximum Gasteiger partial charge on any atom is 0.238 e. The Balaban J connectivity index is 1.79. The van der Waals surface area contributed by atoms with Gasteiger partial charge in [-0.15, -0.1) is 0 Å². The van der Waals surface area contributed by atoms with Crippen LogP contribution < -0.4 is 10.5 Å². The van der Waals surface area contributed by atoms with E-state index in [4.69, 9.17) is 10.2 Å². The summed E-state index contributed by atoms with van der Waals surface area (Å²) in [6, 6.07) is 19.3. The normalized spacial score (nSPS) is 12.2. The molecule has 0 amide bonds. The number of fused-ring (bicyclic) bond motifs is 1. The molecule has 0 saturated carbocycles. The Hall–Kier alpha value is -3.21. The summed E-state index contributed by atoms with van der Waals surface area (Å²) in [5, 5.41) is 12.8. The highest BCUT2D eigenvalue weighted by Crippen LogP contribution is 2.35. The third-order valence-electron chi connectivity index (χ3n) is 4.71. The Labute approximate surface area is 180 Å². The number of rotatable bonds is 6. The molecule has 4 aromatic rings. The van der Waals surface area contributed by atoms with Gasteiger partial charge in [-0.1, -0.05) is 30.3 Å². The molecule has 3 N–H and O–H groups in total. The number of hydrogen-bond acceptors (Lipinski definition) is 6. The molecule has 2 aromatic carbocycles. The zero-order valence-corrected chi connectivity index (χ0v) is 18.2. The van der Waals surface area contributed by atoms with Crippen molar-refractivity contribution in [3.05, 3.63) is 72.9 Å². The van der Waals surface area contributed by atoms with Crippen LogP contribution in [0.2, 0.25) is 0 Å². The van der Waals surface area contributed by atoms with E-state index in [0.717, 1.165) is 22.2 Å². The van der Waals surface area contributed by atoms with Crippen molar-refractivity contribution in [1.29, 1.82) is 0 Å². The summed E-state index contributed by atoms with van der Waals surface area (Å²) in [5.41, 5.74) is 4.72. The molecule has 0 aliphatic carbocycles. The highest BCUT2D eigenvalue weighted by molar-refractivity contribution is 7.90. The van der Waals surface area contributed by atoms with Crippen LogP contribution in [0.3, 0.4) is 0 Å². The number of sulfone groups is 1. The van der Waals surface area contributed by atoms with Gasteiger partial charge in [0, 0.05) is 29.3 Å². The molecule has 0 bridgehead atoms. The lowest BCUT2D eigenvalue weighted by Gasteiger charge is -2.08. The summed E-state index contributed by atoms with van der Waals surface area (Å²) in [6.45, 7) is 0. The second-order valence-electron chi connectivity index (χ2n) is 7.15. The molecule has 0 aliphatic heterocycles. The molecular weight excluding hydrogens is 436 g/mol. The average Bonchev–Trinajstić information content (AvgIpc) is 3.11. The molecule has 0 unspecified atom stereocenters. The number of primary sulfonamides is 1.